The Hall–Kier alpha value is -3.23. The van der Waals surface area contributed by atoms with E-state index in [1.165, 1.54) is 30.0 Å². The molecule has 0 saturated heterocycles. The number of aryl methyl sites for hydroxylation is 1. The standard InChI is InChI=1S/C23H19N3O3S2/c1-13-3-5-15(6-4-13)18-11-30-22-20(18)21(29)25-23(26-22)31-12-19(28)16-7-9-17(10-8-16)24-14(2)27/h3-11H,12H2,1-2H3,(H,24,27)(H,25,26,29). The van der Waals surface area contributed by atoms with E-state index in [4.69, 9.17) is 0 Å². The summed E-state index contributed by atoms with van der Waals surface area (Å²) >= 11 is 2.61. The monoisotopic (exact) mass is 449 g/mol. The maximum absolute atomic E-state index is 12.7. The zero-order chi connectivity index (χ0) is 22.0. The third-order valence-electron chi connectivity index (χ3n) is 4.65. The van der Waals surface area contributed by atoms with Gasteiger partial charge in [0, 0.05) is 29.1 Å². The molecule has 4 rings (SSSR count). The summed E-state index contributed by atoms with van der Waals surface area (Å²) in [5.41, 5.74) is 3.95. The quantitative estimate of drug-likeness (QED) is 0.248. The molecule has 0 radical (unpaired) electrons. The van der Waals surface area contributed by atoms with Crippen molar-refractivity contribution in [2.75, 3.05) is 11.1 Å². The Balaban J connectivity index is 1.50. The van der Waals surface area contributed by atoms with Crippen molar-refractivity contribution >= 4 is 50.7 Å². The number of hydrogen-bond donors (Lipinski definition) is 2. The van der Waals surface area contributed by atoms with E-state index in [-0.39, 0.29) is 23.0 Å². The predicted molar refractivity (Wildman–Crippen MR) is 126 cm³/mol. The number of rotatable bonds is 6. The molecule has 2 heterocycles. The van der Waals surface area contributed by atoms with Gasteiger partial charge in [-0.05, 0) is 36.8 Å². The highest BCUT2D eigenvalue weighted by Crippen LogP contribution is 2.31. The number of Topliss-reactive ketones (excluding diaryl/α,β-unsaturated/α-hetero) is 1. The predicted octanol–water partition coefficient (Wildman–Crippen LogP) is 4.89. The maximum Gasteiger partial charge on any atom is 0.260 e. The Kier molecular flexibility index (Phi) is 6.01. The first-order valence-corrected chi connectivity index (χ1v) is 11.4. The van der Waals surface area contributed by atoms with Gasteiger partial charge in [0.05, 0.1) is 11.1 Å². The number of carbonyl (C=O) groups excluding carboxylic acids is 2. The largest absolute Gasteiger partial charge is 0.326 e. The number of carbonyl (C=O) groups is 2. The van der Waals surface area contributed by atoms with Gasteiger partial charge < -0.3 is 10.3 Å². The van der Waals surface area contributed by atoms with Crippen molar-refractivity contribution in [1.29, 1.82) is 0 Å². The van der Waals surface area contributed by atoms with Gasteiger partial charge in [-0.15, -0.1) is 11.3 Å². The van der Waals surface area contributed by atoms with Crippen LogP contribution in [-0.4, -0.2) is 27.4 Å². The van der Waals surface area contributed by atoms with Crippen LogP contribution in [0.4, 0.5) is 5.69 Å². The summed E-state index contributed by atoms with van der Waals surface area (Å²) in [6.07, 6.45) is 0. The number of ketones is 1. The summed E-state index contributed by atoms with van der Waals surface area (Å²) in [5.74, 6) is -0.114. The summed E-state index contributed by atoms with van der Waals surface area (Å²) in [7, 11) is 0. The number of H-pyrrole nitrogens is 1. The Morgan fingerprint density at radius 3 is 2.48 bits per heavy atom. The first kappa shape index (κ1) is 21.0. The van der Waals surface area contributed by atoms with E-state index in [0.717, 1.165) is 16.7 Å². The van der Waals surface area contributed by atoms with Crippen molar-refractivity contribution in [3.63, 3.8) is 0 Å². The first-order chi connectivity index (χ1) is 14.9. The van der Waals surface area contributed by atoms with Crippen molar-refractivity contribution in [1.82, 2.24) is 9.97 Å². The SMILES string of the molecule is CC(=O)Nc1ccc(C(=O)CSc2nc3scc(-c4ccc(C)cc4)c3c(=O)[nH]2)cc1. The number of thioether (sulfide) groups is 1. The smallest absolute Gasteiger partial charge is 0.260 e. The summed E-state index contributed by atoms with van der Waals surface area (Å²) in [5, 5.41) is 5.59. The second-order valence-electron chi connectivity index (χ2n) is 7.04. The van der Waals surface area contributed by atoms with Gasteiger partial charge in [0.15, 0.2) is 10.9 Å². The summed E-state index contributed by atoms with van der Waals surface area (Å²) in [6.45, 7) is 3.45. The normalized spacial score (nSPS) is 10.9. The molecule has 31 heavy (non-hydrogen) atoms. The van der Waals surface area contributed by atoms with Crippen LogP contribution in [0.5, 0.6) is 0 Å². The van der Waals surface area contributed by atoms with Crippen molar-refractivity contribution in [3.8, 4) is 11.1 Å². The zero-order valence-electron chi connectivity index (χ0n) is 16.9. The molecule has 0 fully saturated rings. The van der Waals surface area contributed by atoms with Crippen LogP contribution in [0.15, 0.2) is 63.9 Å². The second-order valence-corrected chi connectivity index (χ2v) is 8.86. The van der Waals surface area contributed by atoms with Crippen molar-refractivity contribution in [3.05, 3.63) is 75.4 Å². The fourth-order valence-electron chi connectivity index (χ4n) is 3.10. The van der Waals surface area contributed by atoms with Crippen LogP contribution in [0.1, 0.15) is 22.8 Å². The van der Waals surface area contributed by atoms with Crippen molar-refractivity contribution in [2.45, 2.75) is 19.0 Å². The Morgan fingerprint density at radius 2 is 1.81 bits per heavy atom. The van der Waals surface area contributed by atoms with Crippen LogP contribution >= 0.6 is 23.1 Å². The van der Waals surface area contributed by atoms with Gasteiger partial charge in [0.2, 0.25) is 5.91 Å². The highest BCUT2D eigenvalue weighted by Gasteiger charge is 2.14. The van der Waals surface area contributed by atoms with Gasteiger partial charge in [0.1, 0.15) is 4.83 Å². The maximum atomic E-state index is 12.7. The molecule has 4 aromatic rings. The van der Waals surface area contributed by atoms with Gasteiger partial charge >= 0.3 is 0 Å². The van der Waals surface area contributed by atoms with Crippen LogP contribution < -0.4 is 10.9 Å². The second kappa shape index (κ2) is 8.87. The molecule has 0 bridgehead atoms. The van der Waals surface area contributed by atoms with Crippen molar-refractivity contribution < 1.29 is 9.59 Å². The van der Waals surface area contributed by atoms with Gasteiger partial charge in [-0.25, -0.2) is 4.98 Å². The van der Waals surface area contributed by atoms with Crippen LogP contribution in [-0.2, 0) is 4.79 Å². The van der Waals surface area contributed by atoms with E-state index in [1.54, 1.807) is 24.3 Å². The van der Waals surface area contributed by atoms with E-state index in [9.17, 15) is 14.4 Å². The topological polar surface area (TPSA) is 91.9 Å². The van der Waals surface area contributed by atoms with Crippen LogP contribution in [0.3, 0.4) is 0 Å². The molecule has 0 unspecified atom stereocenters. The lowest BCUT2D eigenvalue weighted by Crippen LogP contribution is -2.10. The van der Waals surface area contributed by atoms with Crippen LogP contribution in [0.25, 0.3) is 21.3 Å². The Labute approximate surface area is 186 Å². The number of nitrogens with one attached hydrogen (secondary N) is 2. The molecule has 156 valence electrons. The number of anilines is 1. The number of hydrogen-bond acceptors (Lipinski definition) is 6. The summed E-state index contributed by atoms with van der Waals surface area (Å²) < 4.78 is 0. The molecule has 2 N–H and O–H groups in total. The number of aromatic amines is 1. The van der Waals surface area contributed by atoms with Crippen molar-refractivity contribution in [2.24, 2.45) is 0 Å². The zero-order valence-corrected chi connectivity index (χ0v) is 18.5. The number of amides is 1. The van der Waals surface area contributed by atoms with E-state index in [0.29, 0.717) is 26.6 Å². The van der Waals surface area contributed by atoms with Gasteiger partial charge in [-0.3, -0.25) is 14.4 Å². The van der Waals surface area contributed by atoms with Crippen LogP contribution in [0.2, 0.25) is 0 Å². The number of benzene rings is 2. The number of nitrogens with zero attached hydrogens (tertiary/aromatic N) is 1. The summed E-state index contributed by atoms with van der Waals surface area (Å²) in [6, 6.07) is 14.7. The average Bonchev–Trinajstić information content (AvgIpc) is 3.17. The minimum atomic E-state index is -0.212. The number of thiophene rings is 1. The molecule has 0 atom stereocenters. The lowest BCUT2D eigenvalue weighted by atomic mass is 10.1. The van der Waals surface area contributed by atoms with Gasteiger partial charge in [-0.2, -0.15) is 0 Å². The van der Waals surface area contributed by atoms with Crippen LogP contribution in [0, 0.1) is 6.92 Å². The molecule has 2 aromatic heterocycles. The van der Waals surface area contributed by atoms with E-state index >= 15 is 0 Å². The van der Waals surface area contributed by atoms with E-state index in [2.05, 4.69) is 15.3 Å². The van der Waals surface area contributed by atoms with E-state index < -0.39 is 0 Å². The van der Waals surface area contributed by atoms with E-state index in [1.807, 2.05) is 36.6 Å². The van der Waals surface area contributed by atoms with Gasteiger partial charge in [-0.1, -0.05) is 41.6 Å². The third kappa shape index (κ3) is 4.76. The highest BCUT2D eigenvalue weighted by molar-refractivity contribution is 7.99. The molecule has 6 nitrogen and oxygen atoms in total. The molecule has 0 saturated carbocycles. The fraction of sp³-hybridized carbons (Fsp3) is 0.130. The molecule has 8 heteroatoms. The minimum absolute atomic E-state index is 0.0892. The van der Waals surface area contributed by atoms with Gasteiger partial charge in [0.25, 0.3) is 5.56 Å². The first-order valence-electron chi connectivity index (χ1n) is 9.53. The number of fused-ring (bicyclic) bond motifs is 1. The Morgan fingerprint density at radius 1 is 1.10 bits per heavy atom. The molecule has 0 spiro atoms. The lowest BCUT2D eigenvalue weighted by molar-refractivity contribution is -0.114. The average molecular weight is 450 g/mol. The molecular formula is C23H19N3O3S2. The number of aromatic nitrogens is 2. The summed E-state index contributed by atoms with van der Waals surface area (Å²) in [4.78, 5) is 44.3. The highest BCUT2D eigenvalue weighted by atomic mass is 32.2. The molecule has 2 aromatic carbocycles. The molecule has 0 aliphatic carbocycles. The fourth-order valence-corrected chi connectivity index (χ4v) is 4.86. The Bertz CT molecular complexity index is 1320. The molecule has 1 amide bonds. The minimum Gasteiger partial charge on any atom is -0.326 e. The molecular weight excluding hydrogens is 430 g/mol. The molecule has 0 aliphatic heterocycles. The lowest BCUT2D eigenvalue weighted by Gasteiger charge is -2.05. The third-order valence-corrected chi connectivity index (χ3v) is 6.40. The molecule has 0 aliphatic rings.